The summed E-state index contributed by atoms with van der Waals surface area (Å²) in [7, 11) is 0. The van der Waals surface area contributed by atoms with Gasteiger partial charge in [-0.15, -0.1) is 0 Å². The summed E-state index contributed by atoms with van der Waals surface area (Å²) in [4.78, 5) is 4.23. The van der Waals surface area contributed by atoms with E-state index in [0.717, 1.165) is 16.5 Å². The predicted octanol–water partition coefficient (Wildman–Crippen LogP) is 2.06. The molecule has 0 saturated heterocycles. The molecule has 0 fully saturated rings. The van der Waals surface area contributed by atoms with Gasteiger partial charge in [0.1, 0.15) is 0 Å². The topological polar surface area (TPSA) is 63.3 Å². The highest BCUT2D eigenvalue weighted by atomic mass is 35.5. The molecule has 0 spiro atoms. The summed E-state index contributed by atoms with van der Waals surface area (Å²) in [6.07, 6.45) is 3.33. The summed E-state index contributed by atoms with van der Waals surface area (Å²) in [6.45, 7) is 0. The van der Waals surface area contributed by atoms with Gasteiger partial charge in [0.2, 0.25) is 0 Å². The zero-order chi connectivity index (χ0) is 12.3. The molecule has 1 heterocycles. The molecule has 0 unspecified atom stereocenters. The molecule has 1 aromatic heterocycles. The molecule has 3 N–H and O–H groups in total. The van der Waals surface area contributed by atoms with E-state index in [1.165, 1.54) is 0 Å². The maximum atomic E-state index is 5.95. The first-order chi connectivity index (χ1) is 8.16. The van der Waals surface area contributed by atoms with Crippen molar-refractivity contribution in [2.24, 2.45) is 10.8 Å². The maximum Gasteiger partial charge on any atom is 0.184 e. The number of thiocarbonyl (C=S) groups is 1. The van der Waals surface area contributed by atoms with E-state index in [0.29, 0.717) is 5.02 Å². The predicted molar refractivity (Wildman–Crippen MR) is 74.3 cm³/mol. The highest BCUT2D eigenvalue weighted by Gasteiger charge is 2.00. The van der Waals surface area contributed by atoms with Crippen LogP contribution in [0.2, 0.25) is 5.02 Å². The fraction of sp³-hybridized carbons (Fsp3) is 0. The highest BCUT2D eigenvalue weighted by molar-refractivity contribution is 7.80. The molecule has 0 bridgehead atoms. The van der Waals surface area contributed by atoms with Crippen LogP contribution in [0.3, 0.4) is 0 Å². The Balaban J connectivity index is 2.43. The Morgan fingerprint density at radius 3 is 3.06 bits per heavy atom. The van der Waals surface area contributed by atoms with E-state index in [1.54, 1.807) is 18.5 Å². The van der Waals surface area contributed by atoms with Crippen LogP contribution in [-0.4, -0.2) is 16.3 Å². The molecule has 0 amide bonds. The van der Waals surface area contributed by atoms with Crippen LogP contribution < -0.4 is 11.2 Å². The zero-order valence-corrected chi connectivity index (χ0v) is 10.3. The van der Waals surface area contributed by atoms with Crippen molar-refractivity contribution >= 4 is 46.0 Å². The lowest BCUT2D eigenvalue weighted by molar-refractivity contribution is 1.04. The summed E-state index contributed by atoms with van der Waals surface area (Å²) in [6, 6.07) is 7.33. The van der Waals surface area contributed by atoms with Gasteiger partial charge in [-0.1, -0.05) is 11.6 Å². The number of hydrazone groups is 1. The minimum Gasteiger partial charge on any atom is -0.375 e. The Morgan fingerprint density at radius 1 is 1.47 bits per heavy atom. The van der Waals surface area contributed by atoms with Gasteiger partial charge in [0.15, 0.2) is 5.11 Å². The maximum absolute atomic E-state index is 5.95. The lowest BCUT2D eigenvalue weighted by Crippen LogP contribution is -2.24. The van der Waals surface area contributed by atoms with Gasteiger partial charge in [-0.2, -0.15) is 5.10 Å². The number of benzene rings is 1. The van der Waals surface area contributed by atoms with Crippen molar-refractivity contribution in [3.8, 4) is 0 Å². The van der Waals surface area contributed by atoms with E-state index >= 15 is 0 Å². The van der Waals surface area contributed by atoms with Crippen molar-refractivity contribution in [2.45, 2.75) is 0 Å². The molecule has 0 aliphatic heterocycles. The summed E-state index contributed by atoms with van der Waals surface area (Å²) in [5.41, 5.74) is 9.51. The molecule has 0 saturated carbocycles. The molecule has 0 aliphatic carbocycles. The van der Waals surface area contributed by atoms with Crippen molar-refractivity contribution in [2.75, 3.05) is 0 Å². The van der Waals surface area contributed by atoms with Crippen LogP contribution in [0.1, 0.15) is 5.56 Å². The average Bonchev–Trinajstić information content (AvgIpc) is 2.29. The van der Waals surface area contributed by atoms with Gasteiger partial charge >= 0.3 is 0 Å². The molecular weight excluding hydrogens is 256 g/mol. The van der Waals surface area contributed by atoms with Crippen molar-refractivity contribution < 1.29 is 0 Å². The molecule has 0 atom stereocenters. The second-order valence-electron chi connectivity index (χ2n) is 3.30. The molecule has 2 rings (SSSR count). The Kier molecular flexibility index (Phi) is 3.51. The van der Waals surface area contributed by atoms with Crippen LogP contribution in [0, 0.1) is 0 Å². The smallest absolute Gasteiger partial charge is 0.184 e. The Hall–Kier alpha value is -1.72. The number of pyridine rings is 1. The molecule has 6 heteroatoms. The molecule has 0 aliphatic rings. The first kappa shape index (κ1) is 11.8. The Bertz CT molecular complexity index is 597. The van der Waals surface area contributed by atoms with Gasteiger partial charge in [-0.05, 0) is 36.5 Å². The number of fused-ring (bicyclic) bond motifs is 1. The summed E-state index contributed by atoms with van der Waals surface area (Å²) in [5, 5.41) is 5.61. The van der Waals surface area contributed by atoms with E-state index < -0.39 is 0 Å². The van der Waals surface area contributed by atoms with E-state index in [2.05, 4.69) is 27.7 Å². The van der Waals surface area contributed by atoms with Crippen molar-refractivity contribution in [1.29, 1.82) is 0 Å². The van der Waals surface area contributed by atoms with Gasteiger partial charge in [0, 0.05) is 22.2 Å². The van der Waals surface area contributed by atoms with E-state index in [-0.39, 0.29) is 5.11 Å². The van der Waals surface area contributed by atoms with Gasteiger partial charge < -0.3 is 5.73 Å². The molecule has 2 aromatic rings. The SMILES string of the molecule is NC(=S)NN=Cc1ccnc2ccc(Cl)cc12. The number of aromatic nitrogens is 1. The van der Waals surface area contributed by atoms with E-state index in [9.17, 15) is 0 Å². The second kappa shape index (κ2) is 5.07. The summed E-state index contributed by atoms with van der Waals surface area (Å²) in [5.74, 6) is 0. The molecule has 0 radical (unpaired) electrons. The largest absolute Gasteiger partial charge is 0.375 e. The van der Waals surface area contributed by atoms with Gasteiger partial charge in [-0.25, -0.2) is 0 Å². The standard InChI is InChI=1S/C11H9ClN4S/c12-8-1-2-10-9(5-8)7(3-4-14-10)6-15-16-11(13)17/h1-6H,(H3,13,16,17). The first-order valence-electron chi connectivity index (χ1n) is 4.79. The minimum absolute atomic E-state index is 0.123. The fourth-order valence-electron chi connectivity index (χ4n) is 1.42. The lowest BCUT2D eigenvalue weighted by Gasteiger charge is -2.01. The Labute approximate surface area is 108 Å². The van der Waals surface area contributed by atoms with Crippen LogP contribution in [-0.2, 0) is 0 Å². The molecule has 4 nitrogen and oxygen atoms in total. The van der Waals surface area contributed by atoms with Crippen molar-refractivity contribution in [3.63, 3.8) is 0 Å². The number of nitrogens with zero attached hydrogens (tertiary/aromatic N) is 2. The number of hydrogen-bond donors (Lipinski definition) is 2. The van der Waals surface area contributed by atoms with Crippen LogP contribution >= 0.6 is 23.8 Å². The number of halogens is 1. The highest BCUT2D eigenvalue weighted by Crippen LogP contribution is 2.19. The van der Waals surface area contributed by atoms with Crippen molar-refractivity contribution in [3.05, 3.63) is 41.0 Å². The Morgan fingerprint density at radius 2 is 2.29 bits per heavy atom. The number of nitrogens with one attached hydrogen (secondary N) is 1. The van der Waals surface area contributed by atoms with Gasteiger partial charge in [-0.3, -0.25) is 10.4 Å². The monoisotopic (exact) mass is 264 g/mol. The second-order valence-corrected chi connectivity index (χ2v) is 4.17. The number of hydrogen-bond acceptors (Lipinski definition) is 3. The number of rotatable bonds is 2. The normalized spacial score (nSPS) is 10.9. The molecular formula is C11H9ClN4S. The minimum atomic E-state index is 0.123. The first-order valence-corrected chi connectivity index (χ1v) is 5.58. The fourth-order valence-corrected chi connectivity index (χ4v) is 1.64. The lowest BCUT2D eigenvalue weighted by atomic mass is 10.1. The third-order valence-corrected chi connectivity index (χ3v) is 2.44. The molecule has 86 valence electrons. The molecule has 17 heavy (non-hydrogen) atoms. The zero-order valence-electron chi connectivity index (χ0n) is 8.72. The van der Waals surface area contributed by atoms with E-state index in [4.69, 9.17) is 17.3 Å². The van der Waals surface area contributed by atoms with Gasteiger partial charge in [0.05, 0.1) is 11.7 Å². The van der Waals surface area contributed by atoms with Crippen LogP contribution in [0.15, 0.2) is 35.6 Å². The van der Waals surface area contributed by atoms with Crippen LogP contribution in [0.25, 0.3) is 10.9 Å². The average molecular weight is 265 g/mol. The summed E-state index contributed by atoms with van der Waals surface area (Å²) >= 11 is 10.6. The summed E-state index contributed by atoms with van der Waals surface area (Å²) < 4.78 is 0. The third kappa shape index (κ3) is 2.89. The van der Waals surface area contributed by atoms with Crippen LogP contribution in [0.4, 0.5) is 0 Å². The van der Waals surface area contributed by atoms with E-state index in [1.807, 2.05) is 18.2 Å². The third-order valence-electron chi connectivity index (χ3n) is 2.12. The van der Waals surface area contributed by atoms with Crippen molar-refractivity contribution in [1.82, 2.24) is 10.4 Å². The van der Waals surface area contributed by atoms with Crippen LogP contribution in [0.5, 0.6) is 0 Å². The number of nitrogens with two attached hydrogens (primary N) is 1. The molecule has 1 aromatic carbocycles. The van der Waals surface area contributed by atoms with Gasteiger partial charge in [0.25, 0.3) is 0 Å². The quantitative estimate of drug-likeness (QED) is 0.495.